The molecule has 98 valence electrons. The van der Waals surface area contributed by atoms with Crippen LogP contribution in [0.15, 0.2) is 0 Å². The lowest BCUT2D eigenvalue weighted by atomic mass is 10.0. The van der Waals surface area contributed by atoms with Gasteiger partial charge in [0.15, 0.2) is 0 Å². The minimum Gasteiger partial charge on any atom is -0.481 e. The molecule has 0 aromatic carbocycles. The van der Waals surface area contributed by atoms with E-state index < -0.39 is 5.97 Å². The van der Waals surface area contributed by atoms with Crippen molar-refractivity contribution in [1.82, 2.24) is 4.90 Å². The molecule has 3 atom stereocenters. The van der Waals surface area contributed by atoms with Crippen molar-refractivity contribution < 1.29 is 19.4 Å². The van der Waals surface area contributed by atoms with Crippen molar-refractivity contribution in [2.24, 2.45) is 5.92 Å². The van der Waals surface area contributed by atoms with Gasteiger partial charge in [0.1, 0.15) is 0 Å². The highest BCUT2D eigenvalue weighted by molar-refractivity contribution is 5.77. The van der Waals surface area contributed by atoms with Crippen molar-refractivity contribution in [3.05, 3.63) is 0 Å². The fraction of sp³-hybridized carbons (Fsp3) is 0.833. The van der Waals surface area contributed by atoms with Gasteiger partial charge < -0.3 is 14.7 Å². The number of aliphatic carboxylic acids is 1. The van der Waals surface area contributed by atoms with Crippen LogP contribution in [0.1, 0.15) is 33.6 Å². The van der Waals surface area contributed by atoms with E-state index in [4.69, 9.17) is 9.84 Å². The van der Waals surface area contributed by atoms with Gasteiger partial charge in [-0.05, 0) is 19.8 Å². The molecule has 1 rings (SSSR count). The summed E-state index contributed by atoms with van der Waals surface area (Å²) in [6.07, 6.45) is 0.447. The number of carbonyl (C=O) groups is 2. The Morgan fingerprint density at radius 1 is 1.29 bits per heavy atom. The minimum atomic E-state index is -0.853. The second kappa shape index (κ2) is 6.00. The SMILES string of the molecule is C[C@@H](CC(=O)O)CC(=O)N1C[C@H](C)O[C@@H](C)C1. The lowest BCUT2D eigenvalue weighted by molar-refractivity contribution is -0.144. The highest BCUT2D eigenvalue weighted by Gasteiger charge is 2.26. The second-order valence-electron chi connectivity index (χ2n) is 4.96. The van der Waals surface area contributed by atoms with E-state index in [0.29, 0.717) is 19.5 Å². The first-order chi connectivity index (χ1) is 7.88. The number of nitrogens with zero attached hydrogens (tertiary/aromatic N) is 1. The maximum Gasteiger partial charge on any atom is 0.303 e. The highest BCUT2D eigenvalue weighted by atomic mass is 16.5. The summed E-state index contributed by atoms with van der Waals surface area (Å²) < 4.78 is 5.55. The number of ether oxygens (including phenoxy) is 1. The highest BCUT2D eigenvalue weighted by Crippen LogP contribution is 2.15. The van der Waals surface area contributed by atoms with Crippen molar-refractivity contribution in [2.45, 2.75) is 45.8 Å². The van der Waals surface area contributed by atoms with Gasteiger partial charge in [-0.3, -0.25) is 9.59 Å². The van der Waals surface area contributed by atoms with Gasteiger partial charge in [-0.25, -0.2) is 0 Å². The molecule has 0 radical (unpaired) electrons. The van der Waals surface area contributed by atoms with Crippen LogP contribution < -0.4 is 0 Å². The largest absolute Gasteiger partial charge is 0.481 e. The number of hydrogen-bond acceptors (Lipinski definition) is 3. The van der Waals surface area contributed by atoms with E-state index in [-0.39, 0.29) is 30.5 Å². The number of hydrogen-bond donors (Lipinski definition) is 1. The van der Waals surface area contributed by atoms with Gasteiger partial charge >= 0.3 is 5.97 Å². The monoisotopic (exact) mass is 243 g/mol. The van der Waals surface area contributed by atoms with E-state index in [1.807, 2.05) is 13.8 Å². The first-order valence-corrected chi connectivity index (χ1v) is 6.03. The Kier molecular flexibility index (Phi) is 4.93. The molecule has 17 heavy (non-hydrogen) atoms. The lowest BCUT2D eigenvalue weighted by Gasteiger charge is -2.35. The summed E-state index contributed by atoms with van der Waals surface area (Å²) in [4.78, 5) is 24.3. The average molecular weight is 243 g/mol. The molecule has 0 unspecified atom stereocenters. The predicted octanol–water partition coefficient (Wildman–Crippen LogP) is 1.12. The van der Waals surface area contributed by atoms with E-state index in [1.54, 1.807) is 11.8 Å². The van der Waals surface area contributed by atoms with Gasteiger partial charge in [0.2, 0.25) is 5.91 Å². The third-order valence-electron chi connectivity index (χ3n) is 2.82. The summed E-state index contributed by atoms with van der Waals surface area (Å²) in [7, 11) is 0. The molecular weight excluding hydrogens is 222 g/mol. The molecule has 0 bridgehead atoms. The summed E-state index contributed by atoms with van der Waals surface area (Å²) in [5.74, 6) is -0.941. The number of amides is 1. The Balaban J connectivity index is 2.43. The van der Waals surface area contributed by atoms with Crippen molar-refractivity contribution in [3.8, 4) is 0 Å². The van der Waals surface area contributed by atoms with Crippen LogP contribution >= 0.6 is 0 Å². The quantitative estimate of drug-likeness (QED) is 0.803. The molecule has 1 N–H and O–H groups in total. The molecule has 1 aliphatic heterocycles. The van der Waals surface area contributed by atoms with Crippen LogP contribution in [0.25, 0.3) is 0 Å². The molecule has 1 saturated heterocycles. The van der Waals surface area contributed by atoms with Crippen LogP contribution in [-0.2, 0) is 14.3 Å². The van der Waals surface area contributed by atoms with Crippen LogP contribution in [0.3, 0.4) is 0 Å². The van der Waals surface area contributed by atoms with E-state index in [9.17, 15) is 9.59 Å². The smallest absolute Gasteiger partial charge is 0.303 e. The zero-order valence-corrected chi connectivity index (χ0v) is 10.7. The van der Waals surface area contributed by atoms with E-state index >= 15 is 0 Å². The van der Waals surface area contributed by atoms with Gasteiger partial charge in [0, 0.05) is 25.9 Å². The van der Waals surface area contributed by atoms with Crippen LogP contribution in [0, 0.1) is 5.92 Å². The molecule has 0 saturated carbocycles. The molecule has 0 spiro atoms. The van der Waals surface area contributed by atoms with Crippen LogP contribution in [-0.4, -0.2) is 47.2 Å². The Bertz CT molecular complexity index is 282. The van der Waals surface area contributed by atoms with Crippen LogP contribution in [0.2, 0.25) is 0 Å². The van der Waals surface area contributed by atoms with Crippen LogP contribution in [0.5, 0.6) is 0 Å². The molecule has 1 heterocycles. The number of carboxylic acids is 1. The fourth-order valence-corrected chi connectivity index (χ4v) is 2.18. The van der Waals surface area contributed by atoms with Gasteiger partial charge in [0.25, 0.3) is 0 Å². The molecule has 0 aromatic heterocycles. The molecule has 1 aliphatic rings. The Morgan fingerprint density at radius 2 is 1.82 bits per heavy atom. The first kappa shape index (κ1) is 14.0. The molecule has 0 aliphatic carbocycles. The maximum absolute atomic E-state index is 12.0. The second-order valence-corrected chi connectivity index (χ2v) is 4.96. The molecular formula is C12H21NO4. The number of morpholine rings is 1. The topological polar surface area (TPSA) is 66.8 Å². The summed E-state index contributed by atoms with van der Waals surface area (Å²) >= 11 is 0. The first-order valence-electron chi connectivity index (χ1n) is 6.03. The van der Waals surface area contributed by atoms with Crippen molar-refractivity contribution in [2.75, 3.05) is 13.1 Å². The summed E-state index contributed by atoms with van der Waals surface area (Å²) in [6, 6.07) is 0. The molecule has 5 heteroatoms. The normalized spacial score (nSPS) is 26.6. The molecule has 5 nitrogen and oxygen atoms in total. The summed E-state index contributed by atoms with van der Waals surface area (Å²) in [5, 5.41) is 8.65. The zero-order chi connectivity index (χ0) is 13.0. The number of rotatable bonds is 4. The minimum absolute atomic E-state index is 0.0285. The molecule has 0 aromatic rings. The van der Waals surface area contributed by atoms with E-state index in [1.165, 1.54) is 0 Å². The standard InChI is InChI=1S/C12H21NO4/c1-8(5-12(15)16)4-11(14)13-6-9(2)17-10(3)7-13/h8-10H,4-7H2,1-3H3,(H,15,16)/t8-,9+,10+/m1/s1. The van der Waals surface area contributed by atoms with E-state index in [2.05, 4.69) is 0 Å². The maximum atomic E-state index is 12.0. The lowest BCUT2D eigenvalue weighted by Crippen LogP contribution is -2.48. The molecule has 1 amide bonds. The Labute approximate surface area is 102 Å². The third kappa shape index (κ3) is 4.73. The number of carbonyl (C=O) groups excluding carboxylic acids is 1. The van der Waals surface area contributed by atoms with Gasteiger partial charge in [-0.1, -0.05) is 6.92 Å². The molecule has 1 fully saturated rings. The van der Waals surface area contributed by atoms with E-state index in [0.717, 1.165) is 0 Å². The fourth-order valence-electron chi connectivity index (χ4n) is 2.18. The average Bonchev–Trinajstić information content (AvgIpc) is 2.14. The predicted molar refractivity (Wildman–Crippen MR) is 62.6 cm³/mol. The van der Waals surface area contributed by atoms with Gasteiger partial charge in [-0.15, -0.1) is 0 Å². The summed E-state index contributed by atoms with van der Waals surface area (Å²) in [5.41, 5.74) is 0. The summed E-state index contributed by atoms with van der Waals surface area (Å²) in [6.45, 7) is 6.87. The van der Waals surface area contributed by atoms with Crippen molar-refractivity contribution in [1.29, 1.82) is 0 Å². The Morgan fingerprint density at radius 3 is 2.29 bits per heavy atom. The zero-order valence-electron chi connectivity index (χ0n) is 10.7. The van der Waals surface area contributed by atoms with Gasteiger partial charge in [-0.2, -0.15) is 0 Å². The van der Waals surface area contributed by atoms with Gasteiger partial charge in [0.05, 0.1) is 12.2 Å². The van der Waals surface area contributed by atoms with Crippen molar-refractivity contribution >= 4 is 11.9 Å². The number of carboxylic acid groups (broad SMARTS) is 1. The van der Waals surface area contributed by atoms with Crippen LogP contribution in [0.4, 0.5) is 0 Å². The van der Waals surface area contributed by atoms with Crippen molar-refractivity contribution in [3.63, 3.8) is 0 Å². The Hall–Kier alpha value is -1.10. The third-order valence-corrected chi connectivity index (χ3v) is 2.82.